The number of rotatable bonds is 7. The summed E-state index contributed by atoms with van der Waals surface area (Å²) in [5.41, 5.74) is 0.156. The molecule has 0 aliphatic heterocycles. The predicted molar refractivity (Wildman–Crippen MR) is 97.8 cm³/mol. The molecule has 0 aliphatic carbocycles. The monoisotopic (exact) mass is 407 g/mol. The van der Waals surface area contributed by atoms with Crippen LogP contribution < -0.4 is 15.4 Å². The van der Waals surface area contributed by atoms with Crippen molar-refractivity contribution in [2.24, 2.45) is 0 Å². The molecule has 2 rings (SSSR count). The molecule has 0 spiro atoms. The van der Waals surface area contributed by atoms with Gasteiger partial charge in [0.05, 0.1) is 18.0 Å². The number of hydrogen-bond acceptors (Lipinski definition) is 4. The molecule has 3 N–H and O–H groups in total. The highest BCUT2D eigenvalue weighted by molar-refractivity contribution is 7.89. The first-order valence-electron chi connectivity index (χ1n) is 7.79. The average Bonchev–Trinajstić information content (AvgIpc) is 2.67. The molecule has 0 aliphatic rings. The van der Waals surface area contributed by atoms with Crippen LogP contribution >= 0.6 is 0 Å². The fourth-order valence-electron chi connectivity index (χ4n) is 2.05. The van der Waals surface area contributed by atoms with Crippen LogP contribution in [-0.2, 0) is 14.8 Å². The number of carbonyl (C=O) groups excluding carboxylic acids is 2. The van der Waals surface area contributed by atoms with Crippen molar-refractivity contribution in [3.8, 4) is 12.3 Å². The summed E-state index contributed by atoms with van der Waals surface area (Å²) >= 11 is 0. The van der Waals surface area contributed by atoms with Crippen molar-refractivity contribution in [3.05, 3.63) is 59.7 Å². The number of sulfonamides is 1. The molecule has 2 aromatic carbocycles. The van der Waals surface area contributed by atoms with Crippen molar-refractivity contribution in [3.63, 3.8) is 0 Å². The normalized spacial score (nSPS) is 10.8. The smallest absolute Gasteiger partial charge is 0.251 e. The lowest BCUT2D eigenvalue weighted by atomic mass is 10.2. The first-order chi connectivity index (χ1) is 13.2. The van der Waals surface area contributed by atoms with Gasteiger partial charge < -0.3 is 10.6 Å². The van der Waals surface area contributed by atoms with Crippen molar-refractivity contribution >= 4 is 27.5 Å². The molecule has 0 atom stereocenters. The van der Waals surface area contributed by atoms with Crippen molar-refractivity contribution in [1.82, 2.24) is 10.0 Å². The van der Waals surface area contributed by atoms with Crippen LogP contribution in [0.4, 0.5) is 14.5 Å². The van der Waals surface area contributed by atoms with Gasteiger partial charge in [-0.25, -0.2) is 17.2 Å². The lowest BCUT2D eigenvalue weighted by Crippen LogP contribution is -2.33. The topological polar surface area (TPSA) is 104 Å². The first kappa shape index (κ1) is 21.0. The highest BCUT2D eigenvalue weighted by Crippen LogP contribution is 2.13. The van der Waals surface area contributed by atoms with Crippen LogP contribution in [0.1, 0.15) is 10.4 Å². The van der Waals surface area contributed by atoms with Gasteiger partial charge in [-0.2, -0.15) is 4.72 Å². The van der Waals surface area contributed by atoms with Crippen LogP contribution in [0.15, 0.2) is 47.4 Å². The fourth-order valence-corrected chi connectivity index (χ4v) is 2.98. The van der Waals surface area contributed by atoms with Gasteiger partial charge in [-0.3, -0.25) is 9.59 Å². The summed E-state index contributed by atoms with van der Waals surface area (Å²) in [6.45, 7) is -0.598. The minimum absolute atomic E-state index is 0.0344. The second-order valence-electron chi connectivity index (χ2n) is 5.41. The van der Waals surface area contributed by atoms with Crippen molar-refractivity contribution < 1.29 is 26.8 Å². The minimum atomic E-state index is -3.78. The van der Waals surface area contributed by atoms with Crippen LogP contribution in [0.5, 0.6) is 0 Å². The molecule has 0 fully saturated rings. The zero-order chi connectivity index (χ0) is 20.7. The third kappa shape index (κ3) is 5.60. The maximum Gasteiger partial charge on any atom is 0.251 e. The SMILES string of the molecule is C#CCNS(=O)(=O)c1ccc(C(=O)NCC(=O)Nc2ccc(F)c(F)c2)cc1. The molecular weight excluding hydrogens is 392 g/mol. The van der Waals surface area contributed by atoms with Gasteiger partial charge in [-0.1, -0.05) is 5.92 Å². The maximum absolute atomic E-state index is 13.1. The number of amides is 2. The number of hydrogen-bond donors (Lipinski definition) is 3. The lowest BCUT2D eigenvalue weighted by Gasteiger charge is -2.08. The highest BCUT2D eigenvalue weighted by atomic mass is 32.2. The Morgan fingerprint density at radius 2 is 1.71 bits per heavy atom. The Bertz CT molecular complexity index is 1030. The Kier molecular flexibility index (Phi) is 6.81. The number of terminal acetylenes is 1. The highest BCUT2D eigenvalue weighted by Gasteiger charge is 2.14. The molecule has 0 aromatic heterocycles. The van der Waals surface area contributed by atoms with E-state index in [0.29, 0.717) is 0 Å². The van der Waals surface area contributed by atoms with Gasteiger partial charge in [-0.05, 0) is 36.4 Å². The van der Waals surface area contributed by atoms with E-state index >= 15 is 0 Å². The molecule has 10 heteroatoms. The van der Waals surface area contributed by atoms with Crippen LogP contribution in [0.2, 0.25) is 0 Å². The van der Waals surface area contributed by atoms with Crippen LogP contribution in [0.25, 0.3) is 0 Å². The van der Waals surface area contributed by atoms with E-state index in [2.05, 4.69) is 21.3 Å². The third-order valence-corrected chi connectivity index (χ3v) is 4.82. The number of anilines is 1. The Hall–Kier alpha value is -3.29. The molecule has 0 radical (unpaired) electrons. The number of halogens is 2. The average molecular weight is 407 g/mol. The largest absolute Gasteiger partial charge is 0.343 e. The molecule has 0 saturated heterocycles. The van der Waals surface area contributed by atoms with Gasteiger partial charge in [0, 0.05) is 17.3 Å². The van der Waals surface area contributed by atoms with E-state index in [4.69, 9.17) is 6.42 Å². The summed E-state index contributed by atoms with van der Waals surface area (Å²) in [6.07, 6.45) is 5.00. The Morgan fingerprint density at radius 1 is 1.04 bits per heavy atom. The summed E-state index contributed by atoms with van der Waals surface area (Å²) in [4.78, 5) is 23.8. The molecule has 0 bridgehead atoms. The van der Waals surface area contributed by atoms with Crippen LogP contribution in [0, 0.1) is 24.0 Å². The predicted octanol–water partition coefficient (Wildman–Crippen LogP) is 1.24. The first-order valence-corrected chi connectivity index (χ1v) is 9.27. The molecule has 0 heterocycles. The second-order valence-corrected chi connectivity index (χ2v) is 7.18. The van der Waals surface area contributed by atoms with E-state index < -0.39 is 40.0 Å². The zero-order valence-electron chi connectivity index (χ0n) is 14.3. The Morgan fingerprint density at radius 3 is 2.32 bits per heavy atom. The summed E-state index contributed by atoms with van der Waals surface area (Å²) in [5.74, 6) is -1.30. The van der Waals surface area contributed by atoms with Gasteiger partial charge in [0.1, 0.15) is 0 Å². The molecule has 28 heavy (non-hydrogen) atoms. The van der Waals surface area contributed by atoms with Gasteiger partial charge in [0.25, 0.3) is 5.91 Å². The van der Waals surface area contributed by atoms with E-state index in [0.717, 1.165) is 12.1 Å². The Labute approximate surface area is 160 Å². The fraction of sp³-hybridized carbons (Fsp3) is 0.111. The molecule has 7 nitrogen and oxygen atoms in total. The van der Waals surface area contributed by atoms with Crippen LogP contribution in [0.3, 0.4) is 0 Å². The lowest BCUT2D eigenvalue weighted by molar-refractivity contribution is -0.115. The maximum atomic E-state index is 13.1. The van der Waals surface area contributed by atoms with E-state index in [-0.39, 0.29) is 22.7 Å². The molecule has 2 aromatic rings. The van der Waals surface area contributed by atoms with Crippen LogP contribution in [-0.4, -0.2) is 33.3 Å². The van der Waals surface area contributed by atoms with Gasteiger partial charge in [0.15, 0.2) is 11.6 Å². The van der Waals surface area contributed by atoms with E-state index in [9.17, 15) is 26.8 Å². The van der Waals surface area contributed by atoms with Crippen molar-refractivity contribution in [2.75, 3.05) is 18.4 Å². The quantitative estimate of drug-likeness (QED) is 0.601. The van der Waals surface area contributed by atoms with Gasteiger partial charge >= 0.3 is 0 Å². The molecule has 146 valence electrons. The van der Waals surface area contributed by atoms with Crippen molar-refractivity contribution in [2.45, 2.75) is 4.90 Å². The summed E-state index contributed by atoms with van der Waals surface area (Å²) in [5, 5.41) is 4.63. The number of carbonyl (C=O) groups is 2. The van der Waals surface area contributed by atoms with Gasteiger partial charge in [-0.15, -0.1) is 6.42 Å². The number of nitrogens with one attached hydrogen (secondary N) is 3. The summed E-state index contributed by atoms with van der Waals surface area (Å²) < 4.78 is 51.9. The van der Waals surface area contributed by atoms with Crippen molar-refractivity contribution in [1.29, 1.82) is 0 Å². The number of benzene rings is 2. The summed E-state index contributed by atoms with van der Waals surface area (Å²) in [6, 6.07) is 7.82. The second kappa shape index (κ2) is 9.07. The molecule has 0 unspecified atom stereocenters. The van der Waals surface area contributed by atoms with E-state index in [1.807, 2.05) is 0 Å². The Balaban J connectivity index is 1.93. The van der Waals surface area contributed by atoms with Gasteiger partial charge in [0.2, 0.25) is 15.9 Å². The third-order valence-electron chi connectivity index (χ3n) is 3.40. The summed E-state index contributed by atoms with van der Waals surface area (Å²) in [7, 11) is -3.78. The molecular formula is C18H15F2N3O4S. The minimum Gasteiger partial charge on any atom is -0.343 e. The molecule has 0 saturated carbocycles. The van der Waals surface area contributed by atoms with E-state index in [1.165, 1.54) is 30.3 Å². The zero-order valence-corrected chi connectivity index (χ0v) is 15.1. The standard InChI is InChI=1S/C18H15F2N3O4S/c1-2-9-22-28(26,27)14-6-3-12(4-7-14)18(25)21-11-17(24)23-13-5-8-15(19)16(20)10-13/h1,3-8,10,22H,9,11H2,(H,21,25)(H,23,24). The van der Waals surface area contributed by atoms with E-state index in [1.54, 1.807) is 0 Å². The molecule has 2 amide bonds.